The number of aliphatic hydroxyl groups excluding tert-OH is 1. The first kappa shape index (κ1) is 24.9. The van der Waals surface area contributed by atoms with E-state index in [0.717, 1.165) is 33.5 Å². The van der Waals surface area contributed by atoms with Crippen molar-refractivity contribution in [3.05, 3.63) is 108 Å². The van der Waals surface area contributed by atoms with Gasteiger partial charge in [0.05, 0.1) is 23.1 Å². The number of pyridine rings is 1. The summed E-state index contributed by atoms with van der Waals surface area (Å²) < 4.78 is 12.5. The van der Waals surface area contributed by atoms with Gasteiger partial charge >= 0.3 is 0 Å². The van der Waals surface area contributed by atoms with Crippen LogP contribution in [0.1, 0.15) is 16.7 Å². The standard InChI is InChI=1S/C29H26N2O2S2/c1-21-12-14-24(15-13-21)28-16-26(23-10-6-3-7-11-23)27(17-30)29(31-28)34-18-25(32)20-35(33)19-22-8-4-2-5-9-22/h2-16,25,32H,18-20H2,1H3/t25-,35+/m0/s1. The van der Waals surface area contributed by atoms with Gasteiger partial charge in [0.15, 0.2) is 0 Å². The molecule has 2 atom stereocenters. The number of nitrogens with zero attached hydrogens (tertiary/aromatic N) is 2. The second-order valence-electron chi connectivity index (χ2n) is 8.28. The Morgan fingerprint density at radius 2 is 1.63 bits per heavy atom. The first-order chi connectivity index (χ1) is 17.0. The Labute approximate surface area is 213 Å². The van der Waals surface area contributed by atoms with Gasteiger partial charge in [-0.3, -0.25) is 4.21 Å². The summed E-state index contributed by atoms with van der Waals surface area (Å²) in [6.45, 7) is 2.04. The SMILES string of the molecule is Cc1ccc(-c2cc(-c3ccccc3)c(C#N)c(SC[C@H](O)C[S@](=O)Cc3ccccc3)n2)cc1. The average molecular weight is 499 g/mol. The summed E-state index contributed by atoms with van der Waals surface area (Å²) in [5.41, 5.74) is 6.10. The quantitative estimate of drug-likeness (QED) is 0.287. The first-order valence-corrected chi connectivity index (χ1v) is 13.8. The highest BCUT2D eigenvalue weighted by molar-refractivity contribution is 7.99. The second kappa shape index (κ2) is 11.9. The number of nitriles is 1. The van der Waals surface area contributed by atoms with Crippen LogP contribution in [0.25, 0.3) is 22.4 Å². The molecule has 0 bridgehead atoms. The Balaban J connectivity index is 1.58. The lowest BCUT2D eigenvalue weighted by Crippen LogP contribution is -2.20. The number of rotatable bonds is 9. The minimum atomic E-state index is -1.19. The molecule has 6 heteroatoms. The molecular formula is C29H26N2O2S2. The Hall–Kier alpha value is -3.24. The molecule has 1 heterocycles. The van der Waals surface area contributed by atoms with Gasteiger partial charge in [-0.25, -0.2) is 4.98 Å². The van der Waals surface area contributed by atoms with Crippen LogP contribution < -0.4 is 0 Å². The van der Waals surface area contributed by atoms with Crippen LogP contribution in [0.2, 0.25) is 0 Å². The Kier molecular flexibility index (Phi) is 8.49. The molecule has 0 saturated carbocycles. The number of aromatic nitrogens is 1. The fourth-order valence-electron chi connectivity index (χ4n) is 3.71. The van der Waals surface area contributed by atoms with E-state index in [0.29, 0.717) is 22.1 Å². The molecule has 3 aromatic carbocycles. The van der Waals surface area contributed by atoms with Crippen LogP contribution in [0.3, 0.4) is 0 Å². The van der Waals surface area contributed by atoms with E-state index in [2.05, 4.69) is 6.07 Å². The van der Waals surface area contributed by atoms with Crippen LogP contribution in [-0.4, -0.2) is 31.9 Å². The van der Waals surface area contributed by atoms with Crippen molar-refractivity contribution in [2.75, 3.05) is 11.5 Å². The highest BCUT2D eigenvalue weighted by Crippen LogP contribution is 2.34. The zero-order valence-corrected chi connectivity index (χ0v) is 21.1. The van der Waals surface area contributed by atoms with Gasteiger partial charge in [-0.05, 0) is 24.1 Å². The largest absolute Gasteiger partial charge is 0.391 e. The van der Waals surface area contributed by atoms with Crippen molar-refractivity contribution in [3.63, 3.8) is 0 Å². The molecule has 0 fully saturated rings. The topological polar surface area (TPSA) is 74.0 Å². The molecule has 0 unspecified atom stereocenters. The highest BCUT2D eigenvalue weighted by atomic mass is 32.2. The molecule has 0 spiro atoms. The smallest absolute Gasteiger partial charge is 0.115 e. The van der Waals surface area contributed by atoms with Crippen molar-refractivity contribution in [2.45, 2.75) is 23.8 Å². The van der Waals surface area contributed by atoms with Crippen molar-refractivity contribution < 1.29 is 9.32 Å². The number of hydrogen-bond acceptors (Lipinski definition) is 5. The Morgan fingerprint density at radius 1 is 0.971 bits per heavy atom. The van der Waals surface area contributed by atoms with Gasteiger partial charge in [-0.2, -0.15) is 5.26 Å². The van der Waals surface area contributed by atoms with Crippen molar-refractivity contribution in [1.29, 1.82) is 5.26 Å². The van der Waals surface area contributed by atoms with Crippen LogP contribution >= 0.6 is 11.8 Å². The molecule has 0 aliphatic carbocycles. The molecular weight excluding hydrogens is 472 g/mol. The molecule has 4 nitrogen and oxygen atoms in total. The maximum Gasteiger partial charge on any atom is 0.115 e. The molecule has 0 amide bonds. The minimum Gasteiger partial charge on any atom is -0.391 e. The molecule has 1 N–H and O–H groups in total. The van der Waals surface area contributed by atoms with Crippen LogP contribution in [0.5, 0.6) is 0 Å². The third kappa shape index (κ3) is 6.67. The van der Waals surface area contributed by atoms with E-state index in [9.17, 15) is 14.6 Å². The van der Waals surface area contributed by atoms with Gasteiger partial charge in [-0.15, -0.1) is 11.8 Å². The van der Waals surface area contributed by atoms with Crippen LogP contribution in [0, 0.1) is 18.3 Å². The predicted octanol–water partition coefficient (Wildman–Crippen LogP) is 6.00. The van der Waals surface area contributed by atoms with Gasteiger partial charge in [-0.1, -0.05) is 90.5 Å². The minimum absolute atomic E-state index is 0.174. The van der Waals surface area contributed by atoms with Gasteiger partial charge < -0.3 is 5.11 Å². The number of aliphatic hydroxyl groups is 1. The zero-order valence-electron chi connectivity index (χ0n) is 19.4. The summed E-state index contributed by atoms with van der Waals surface area (Å²) in [6, 6.07) is 31.8. The van der Waals surface area contributed by atoms with Crippen molar-refractivity contribution >= 4 is 22.6 Å². The van der Waals surface area contributed by atoms with Crippen LogP contribution in [-0.2, 0) is 16.6 Å². The normalized spacial score (nSPS) is 12.6. The Morgan fingerprint density at radius 3 is 2.29 bits per heavy atom. The first-order valence-electron chi connectivity index (χ1n) is 11.3. The summed E-state index contributed by atoms with van der Waals surface area (Å²) in [5.74, 6) is 0.881. The van der Waals surface area contributed by atoms with Crippen LogP contribution in [0.15, 0.2) is 96.0 Å². The van der Waals surface area contributed by atoms with E-state index in [-0.39, 0.29) is 5.75 Å². The van der Waals surface area contributed by atoms with E-state index >= 15 is 0 Å². The summed E-state index contributed by atoms with van der Waals surface area (Å²) in [5, 5.41) is 21.2. The molecule has 176 valence electrons. The molecule has 4 aromatic rings. The van der Waals surface area contributed by atoms with E-state index in [4.69, 9.17) is 4.98 Å². The lowest BCUT2D eigenvalue weighted by Gasteiger charge is -2.14. The third-order valence-corrected chi connectivity index (χ3v) is 8.02. The van der Waals surface area contributed by atoms with Gasteiger partial charge in [0.25, 0.3) is 0 Å². The number of hydrogen-bond donors (Lipinski definition) is 1. The second-order valence-corrected chi connectivity index (χ2v) is 10.8. The maximum absolute atomic E-state index is 12.5. The molecule has 0 saturated heterocycles. The van der Waals surface area contributed by atoms with E-state index in [1.165, 1.54) is 11.8 Å². The lowest BCUT2D eigenvalue weighted by atomic mass is 9.99. The molecule has 0 aliphatic heterocycles. The summed E-state index contributed by atoms with van der Waals surface area (Å²) in [6.07, 6.45) is -0.777. The Bertz CT molecular complexity index is 1340. The summed E-state index contributed by atoms with van der Waals surface area (Å²) in [7, 11) is -1.19. The van der Waals surface area contributed by atoms with Crippen LogP contribution in [0.4, 0.5) is 0 Å². The molecule has 0 aliphatic rings. The molecule has 35 heavy (non-hydrogen) atoms. The van der Waals surface area contributed by atoms with E-state index < -0.39 is 16.9 Å². The van der Waals surface area contributed by atoms with Gasteiger partial charge in [0, 0.05) is 33.4 Å². The van der Waals surface area contributed by atoms with Crippen molar-refractivity contribution in [3.8, 4) is 28.5 Å². The van der Waals surface area contributed by atoms with E-state index in [1.54, 1.807) is 0 Å². The molecule has 0 radical (unpaired) electrons. The fourth-order valence-corrected chi connectivity index (χ4v) is 6.02. The van der Waals surface area contributed by atoms with E-state index in [1.807, 2.05) is 97.9 Å². The average Bonchev–Trinajstić information content (AvgIpc) is 2.88. The lowest BCUT2D eigenvalue weighted by molar-refractivity contribution is 0.224. The molecule has 4 rings (SSSR count). The van der Waals surface area contributed by atoms with Gasteiger partial charge in [0.2, 0.25) is 0 Å². The monoisotopic (exact) mass is 498 g/mol. The number of benzene rings is 3. The third-order valence-electron chi connectivity index (χ3n) is 5.49. The molecule has 1 aromatic heterocycles. The highest BCUT2D eigenvalue weighted by Gasteiger charge is 2.18. The van der Waals surface area contributed by atoms with Crippen molar-refractivity contribution in [2.24, 2.45) is 0 Å². The summed E-state index contributed by atoms with van der Waals surface area (Å²) >= 11 is 1.33. The summed E-state index contributed by atoms with van der Waals surface area (Å²) in [4.78, 5) is 4.80. The van der Waals surface area contributed by atoms with Crippen molar-refractivity contribution in [1.82, 2.24) is 4.98 Å². The maximum atomic E-state index is 12.5. The van der Waals surface area contributed by atoms with Gasteiger partial charge in [0.1, 0.15) is 11.1 Å². The number of thioether (sulfide) groups is 1. The zero-order chi connectivity index (χ0) is 24.6. The fraction of sp³-hybridized carbons (Fsp3) is 0.172. The number of aryl methyl sites for hydroxylation is 1. The predicted molar refractivity (Wildman–Crippen MR) is 144 cm³/mol.